The minimum Gasteiger partial charge on any atom is -0.318 e. The summed E-state index contributed by atoms with van der Waals surface area (Å²) in [6.45, 7) is 39.1. The van der Waals surface area contributed by atoms with Gasteiger partial charge in [-0.2, -0.15) is 0 Å². The van der Waals surface area contributed by atoms with Crippen LogP contribution in [0, 0.1) is 0 Å². The molecule has 6 nitrogen and oxygen atoms in total. The average molecular weight is 875 g/mol. The van der Waals surface area contributed by atoms with Gasteiger partial charge in [0.25, 0.3) is 0 Å². The van der Waals surface area contributed by atoms with Gasteiger partial charge >= 0.3 is 7.67 Å². The normalized spacial score (nSPS) is 15.8. The van der Waals surface area contributed by atoms with Crippen LogP contribution in [-0.2, 0) is 8.88 Å². The molecule has 0 N–H and O–H groups in total. The van der Waals surface area contributed by atoms with Crippen LogP contribution in [-0.4, -0.2) is 31.6 Å². The molecule has 0 saturated carbocycles. The monoisotopic (exact) mass is 875 g/mol. The predicted octanol–water partition coefficient (Wildman–Crippen LogP) is 16.3. The molecule has 62 heavy (non-hydrogen) atoms. The topological polar surface area (TPSA) is 39.3 Å². The molecule has 2 saturated heterocycles. The number of hydrogen-bond donors (Lipinski definition) is 0. The Morgan fingerprint density at radius 1 is 0.419 bits per heavy atom. The summed E-state index contributed by atoms with van der Waals surface area (Å²) in [4.78, 5) is 5.00. The van der Waals surface area contributed by atoms with Crippen molar-refractivity contribution < 1.29 is 8.88 Å². The van der Waals surface area contributed by atoms with E-state index in [-0.39, 0.29) is 23.7 Å². The second-order valence-corrected chi connectivity index (χ2v) is 23.0. The summed E-state index contributed by atoms with van der Waals surface area (Å²) in [5.41, 5.74) is 18.7. The van der Waals surface area contributed by atoms with E-state index < -0.39 is 7.67 Å². The fourth-order valence-electron chi connectivity index (χ4n) is 9.63. The summed E-state index contributed by atoms with van der Waals surface area (Å²) >= 11 is 0. The van der Waals surface area contributed by atoms with E-state index in [0.29, 0.717) is 45.2 Å². The maximum atomic E-state index is 16.8. The first-order valence-corrected chi connectivity index (χ1v) is 25.9. The van der Waals surface area contributed by atoms with Crippen LogP contribution in [0.15, 0.2) is 78.6 Å². The summed E-state index contributed by atoms with van der Waals surface area (Å²) in [7, 11) is -3.38. The lowest BCUT2D eigenvalue weighted by Crippen LogP contribution is -2.27. The predicted molar refractivity (Wildman–Crippen MR) is 272 cm³/mol. The highest BCUT2D eigenvalue weighted by molar-refractivity contribution is 7.67. The number of hydrogen-bond acceptors (Lipinski definition) is 4. The summed E-state index contributed by atoms with van der Waals surface area (Å²) in [6.07, 6.45) is 0. The number of rotatable bonds is 14. The Bertz CT molecular complexity index is 2080. The van der Waals surface area contributed by atoms with Gasteiger partial charge in [-0.1, -0.05) is 184 Å². The lowest BCUT2D eigenvalue weighted by Gasteiger charge is -2.35. The van der Waals surface area contributed by atoms with Gasteiger partial charge in [-0.05, 0) is 97.3 Å². The maximum Gasteiger partial charge on any atom is 0.405 e. The zero-order valence-electron chi connectivity index (χ0n) is 40.9. The van der Waals surface area contributed by atoms with Gasteiger partial charge in [0.15, 0.2) is 5.82 Å². The Labute approximate surface area is 378 Å². The van der Waals surface area contributed by atoms with Crippen molar-refractivity contribution in [1.82, 2.24) is 0 Å². The molecule has 2 aliphatic heterocycles. The second-order valence-electron chi connectivity index (χ2n) is 20.0. The average Bonchev–Trinajstić information content (AvgIpc) is 3.79. The van der Waals surface area contributed by atoms with Crippen LogP contribution >= 0.6 is 16.1 Å². The van der Waals surface area contributed by atoms with Crippen molar-refractivity contribution in [3.63, 3.8) is 0 Å². The third kappa shape index (κ3) is 9.10. The smallest absolute Gasteiger partial charge is 0.318 e. The van der Waals surface area contributed by atoms with Crippen LogP contribution in [0.5, 0.6) is 0 Å². The zero-order chi connectivity index (χ0) is 45.4. The summed E-state index contributed by atoms with van der Waals surface area (Å²) in [6, 6.07) is 26.8. The van der Waals surface area contributed by atoms with Crippen LogP contribution in [0.1, 0.15) is 203 Å². The number of anilines is 4. The van der Waals surface area contributed by atoms with Gasteiger partial charge in [0, 0.05) is 37.6 Å². The van der Waals surface area contributed by atoms with Gasteiger partial charge in [-0.15, -0.1) is 0 Å². The van der Waals surface area contributed by atoms with Gasteiger partial charge in [0.1, 0.15) is 8.43 Å². The highest BCUT2D eigenvalue weighted by atomic mass is 31.2. The number of para-hydroxylation sites is 4. The van der Waals surface area contributed by atoms with Gasteiger partial charge < -0.3 is 9.80 Å². The first-order chi connectivity index (χ1) is 29.3. The molecule has 0 unspecified atom stereocenters. The molecule has 0 amide bonds. The maximum absolute atomic E-state index is 16.8. The summed E-state index contributed by atoms with van der Waals surface area (Å²) in [5, 5.41) is 0. The fourth-order valence-corrected chi connectivity index (χ4v) is 13.2. The Morgan fingerprint density at radius 3 is 0.903 bits per heavy atom. The van der Waals surface area contributed by atoms with E-state index in [4.69, 9.17) is 4.31 Å². The van der Waals surface area contributed by atoms with Crippen LogP contribution in [0.2, 0.25) is 0 Å². The molecule has 0 atom stereocenters. The van der Waals surface area contributed by atoms with Gasteiger partial charge in [0.2, 0.25) is 0 Å². The largest absolute Gasteiger partial charge is 0.405 e. The second kappa shape index (κ2) is 19.5. The third-order valence-corrected chi connectivity index (χ3v) is 16.4. The molecule has 4 aromatic carbocycles. The van der Waals surface area contributed by atoms with E-state index in [2.05, 4.69) is 208 Å². The van der Waals surface area contributed by atoms with Crippen LogP contribution < -0.4 is 19.1 Å². The Hall–Kier alpha value is -3.78. The molecule has 8 heteroatoms. The molecule has 2 heterocycles. The summed E-state index contributed by atoms with van der Waals surface area (Å²) < 4.78 is 28.3. The molecule has 0 aliphatic carbocycles. The van der Waals surface area contributed by atoms with E-state index >= 15 is 4.57 Å². The lowest BCUT2D eigenvalue weighted by molar-refractivity contribution is 0.509. The van der Waals surface area contributed by atoms with Crippen molar-refractivity contribution in [3.05, 3.63) is 123 Å². The molecule has 4 aromatic rings. The molecule has 0 spiro atoms. The SMILES string of the molecule is CC(C)c1cccc(C(C)C)c1N1CCN(c2c(C(C)C)cccc2C(C)C)C1=C=POP1(=O)N(c2c(C(C)C)cccc2C(C)C)CCN1c1c(C(C)C)cccc1C(C)C. The Kier molecular flexibility index (Phi) is 15.0. The van der Waals surface area contributed by atoms with E-state index in [1.165, 1.54) is 55.9 Å². The Balaban J connectivity index is 1.66. The molecule has 0 radical (unpaired) electrons. The van der Waals surface area contributed by atoms with E-state index in [0.717, 1.165) is 30.3 Å². The fraction of sp³-hybridized carbons (Fsp3) is 0.519. The van der Waals surface area contributed by atoms with Crippen LogP contribution in [0.3, 0.4) is 0 Å². The highest BCUT2D eigenvalue weighted by Gasteiger charge is 2.48. The molecular weight excluding hydrogens is 799 g/mol. The minimum absolute atomic E-state index is 0.236. The standard InChI is InChI=1S/C54H76N4O2P2/c1-34(2)42-21-17-22-43(35(3)4)51(42)55-29-30-56(52-44(36(5)6)23-18-24-45(52)37(7)8)50(55)33-61-60-62(59)57(53-46(38(9)10)25-19-26-47(53)39(11)12)31-32-58(62)54-48(40(13)14)27-20-28-49(54)41(15)16/h17-28,34-41H,29-32H2,1-16H3. The summed E-state index contributed by atoms with van der Waals surface area (Å²) in [5.74, 6) is 3.21. The van der Waals surface area contributed by atoms with Gasteiger partial charge in [0.05, 0.1) is 11.4 Å². The first-order valence-electron chi connectivity index (χ1n) is 23.6. The Morgan fingerprint density at radius 2 is 0.661 bits per heavy atom. The number of nitrogens with zero attached hydrogens (tertiary/aromatic N) is 4. The van der Waals surface area contributed by atoms with Crippen molar-refractivity contribution in [2.75, 3.05) is 45.3 Å². The third-order valence-electron chi connectivity index (χ3n) is 12.9. The van der Waals surface area contributed by atoms with Gasteiger partial charge in [-0.25, -0.2) is 8.88 Å². The number of benzene rings is 4. The van der Waals surface area contributed by atoms with Crippen LogP contribution in [0.25, 0.3) is 0 Å². The molecular formula is C54H76N4O2P2. The molecule has 334 valence electrons. The quantitative estimate of drug-likeness (QED) is 0.118. The van der Waals surface area contributed by atoms with Crippen molar-refractivity contribution in [3.8, 4) is 0 Å². The van der Waals surface area contributed by atoms with Crippen molar-refractivity contribution >= 4 is 44.3 Å². The van der Waals surface area contributed by atoms with E-state index in [1.54, 1.807) is 0 Å². The van der Waals surface area contributed by atoms with Crippen molar-refractivity contribution in [1.29, 1.82) is 0 Å². The molecule has 2 fully saturated rings. The van der Waals surface area contributed by atoms with E-state index in [9.17, 15) is 0 Å². The van der Waals surface area contributed by atoms with Crippen molar-refractivity contribution in [2.24, 2.45) is 0 Å². The molecule has 2 aliphatic rings. The zero-order valence-corrected chi connectivity index (χ0v) is 42.7. The van der Waals surface area contributed by atoms with Gasteiger partial charge in [-0.3, -0.25) is 9.34 Å². The highest BCUT2D eigenvalue weighted by Crippen LogP contribution is 2.66. The first kappa shape index (κ1) is 47.7. The lowest BCUT2D eigenvalue weighted by atomic mass is 9.91. The van der Waals surface area contributed by atoms with E-state index in [1.807, 2.05) is 0 Å². The van der Waals surface area contributed by atoms with Crippen LogP contribution in [0.4, 0.5) is 22.7 Å². The molecule has 6 rings (SSSR count). The van der Waals surface area contributed by atoms with Crippen molar-refractivity contribution in [2.45, 2.75) is 158 Å². The molecule has 0 bridgehead atoms. The molecule has 0 aromatic heterocycles. The minimum atomic E-state index is -3.80.